The normalized spacial score (nSPS) is 15.7. The first-order valence-corrected chi connectivity index (χ1v) is 15.1. The van der Waals surface area contributed by atoms with Gasteiger partial charge in [0.2, 0.25) is 0 Å². The predicted molar refractivity (Wildman–Crippen MR) is 158 cm³/mol. The molecule has 5 rings (SSSR count). The van der Waals surface area contributed by atoms with Gasteiger partial charge in [-0.1, -0.05) is 23.2 Å². The summed E-state index contributed by atoms with van der Waals surface area (Å²) in [7, 11) is -4.26. The summed E-state index contributed by atoms with van der Waals surface area (Å²) in [5.41, 5.74) is 0.245. The van der Waals surface area contributed by atoms with E-state index in [-0.39, 0.29) is 26.7 Å². The van der Waals surface area contributed by atoms with Gasteiger partial charge in [0, 0.05) is 40.3 Å². The van der Waals surface area contributed by atoms with Gasteiger partial charge in [-0.25, -0.2) is 13.4 Å². The number of carbonyl (C=O) groups is 1. The third kappa shape index (κ3) is 6.78. The first-order chi connectivity index (χ1) is 19.4. The number of hydrogen-bond donors (Lipinski definition) is 0. The van der Waals surface area contributed by atoms with Gasteiger partial charge in [0.15, 0.2) is 0 Å². The Kier molecular flexibility index (Phi) is 8.20. The van der Waals surface area contributed by atoms with E-state index < -0.39 is 28.1 Å². The van der Waals surface area contributed by atoms with Gasteiger partial charge >= 0.3 is 5.97 Å². The molecule has 1 saturated heterocycles. The molecule has 0 N–H and O–H groups in total. The zero-order chi connectivity index (χ0) is 29.4. The lowest BCUT2D eigenvalue weighted by molar-refractivity contribution is -0.152. The zero-order valence-corrected chi connectivity index (χ0v) is 25.0. The maximum absolute atomic E-state index is 13.8. The molecule has 0 radical (unpaired) electrons. The Bertz CT molecular complexity index is 1670. The Hall–Kier alpha value is -3.31. The van der Waals surface area contributed by atoms with Crippen LogP contribution >= 0.6 is 23.2 Å². The summed E-state index contributed by atoms with van der Waals surface area (Å²) in [4.78, 5) is 17.2. The number of fused-ring (bicyclic) bond motifs is 1. The Morgan fingerprint density at radius 3 is 2.54 bits per heavy atom. The van der Waals surface area contributed by atoms with Crippen molar-refractivity contribution < 1.29 is 27.4 Å². The van der Waals surface area contributed by atoms with E-state index in [1.165, 1.54) is 18.2 Å². The summed E-state index contributed by atoms with van der Waals surface area (Å²) in [5.74, 6) is 0.607. The molecule has 9 nitrogen and oxygen atoms in total. The summed E-state index contributed by atoms with van der Waals surface area (Å²) in [6.45, 7) is 5.82. The fourth-order valence-corrected chi connectivity index (χ4v) is 6.63. The monoisotopic (exact) mass is 617 g/mol. The highest BCUT2D eigenvalue weighted by Crippen LogP contribution is 2.32. The van der Waals surface area contributed by atoms with Crippen LogP contribution in [-0.2, 0) is 24.3 Å². The highest BCUT2D eigenvalue weighted by atomic mass is 35.5. The number of ether oxygens (including phenoxy) is 3. The van der Waals surface area contributed by atoms with Gasteiger partial charge in [0.25, 0.3) is 10.0 Å². The molecule has 1 fully saturated rings. The van der Waals surface area contributed by atoms with Crippen molar-refractivity contribution in [3.05, 3.63) is 77.0 Å². The number of pyridine rings is 1. The summed E-state index contributed by atoms with van der Waals surface area (Å²) >= 11 is 12.2. The molecule has 0 bridgehead atoms. The number of carbonyl (C=O) groups excluding carboxylic acids is 1. The van der Waals surface area contributed by atoms with Crippen LogP contribution in [0.25, 0.3) is 16.7 Å². The highest BCUT2D eigenvalue weighted by molar-refractivity contribution is 7.92. The number of nitrogens with zero attached hydrogens (tertiary/aromatic N) is 3. The molecule has 1 aliphatic rings. The molecule has 0 aliphatic carbocycles. The Morgan fingerprint density at radius 2 is 1.85 bits per heavy atom. The van der Waals surface area contributed by atoms with Crippen molar-refractivity contribution in [1.29, 1.82) is 0 Å². The molecule has 2 aromatic carbocycles. The summed E-state index contributed by atoms with van der Waals surface area (Å²) in [6.07, 6.45) is 4.34. The van der Waals surface area contributed by atoms with Gasteiger partial charge in [0.1, 0.15) is 29.8 Å². The maximum atomic E-state index is 13.8. The molecule has 1 unspecified atom stereocenters. The van der Waals surface area contributed by atoms with E-state index in [2.05, 4.69) is 4.98 Å². The maximum Gasteiger partial charge on any atom is 0.327 e. The van der Waals surface area contributed by atoms with E-state index in [0.29, 0.717) is 24.8 Å². The summed E-state index contributed by atoms with van der Waals surface area (Å²) < 4.78 is 47.4. The van der Waals surface area contributed by atoms with E-state index in [1.807, 2.05) is 22.9 Å². The second-order valence-electron chi connectivity index (χ2n) is 10.6. The average Bonchev–Trinajstić information content (AvgIpc) is 3.55. The number of aromatic nitrogens is 2. The minimum Gasteiger partial charge on any atom is -0.488 e. The molecule has 4 aromatic rings. The van der Waals surface area contributed by atoms with Gasteiger partial charge in [-0.3, -0.25) is 9.10 Å². The molecule has 0 saturated carbocycles. The van der Waals surface area contributed by atoms with Crippen LogP contribution in [0.2, 0.25) is 10.0 Å². The van der Waals surface area contributed by atoms with Crippen LogP contribution in [0.1, 0.15) is 27.2 Å². The molecule has 1 aliphatic heterocycles. The molecule has 41 heavy (non-hydrogen) atoms. The number of hydrogen-bond acceptors (Lipinski definition) is 7. The molecule has 0 spiro atoms. The number of halogens is 2. The molecular formula is C29H29Cl2N3O6S. The van der Waals surface area contributed by atoms with Crippen LogP contribution in [-0.4, -0.2) is 55.4 Å². The van der Waals surface area contributed by atoms with Crippen molar-refractivity contribution in [3.8, 4) is 11.6 Å². The number of sulfonamides is 1. The second-order valence-corrected chi connectivity index (χ2v) is 13.3. The van der Waals surface area contributed by atoms with Gasteiger partial charge in [-0.2, -0.15) is 0 Å². The molecule has 0 amide bonds. The van der Waals surface area contributed by atoms with Gasteiger partial charge in [-0.05, 0) is 69.3 Å². The lowest BCUT2D eigenvalue weighted by Crippen LogP contribution is -2.39. The predicted octanol–water partition coefficient (Wildman–Crippen LogP) is 6.04. The summed E-state index contributed by atoms with van der Waals surface area (Å²) in [6, 6.07) is 14.6. The number of rotatable bonds is 8. The van der Waals surface area contributed by atoms with Crippen LogP contribution in [0.15, 0.2) is 71.9 Å². The van der Waals surface area contributed by atoms with Gasteiger partial charge in [0.05, 0.1) is 29.3 Å². The quantitative estimate of drug-likeness (QED) is 0.222. The van der Waals surface area contributed by atoms with Crippen molar-refractivity contribution in [1.82, 2.24) is 9.55 Å². The van der Waals surface area contributed by atoms with Crippen LogP contribution in [0, 0.1) is 0 Å². The molecular weight excluding hydrogens is 589 g/mol. The highest BCUT2D eigenvalue weighted by Gasteiger charge is 2.30. The molecule has 3 heterocycles. The van der Waals surface area contributed by atoms with E-state index >= 15 is 0 Å². The van der Waals surface area contributed by atoms with Crippen molar-refractivity contribution >= 4 is 55.8 Å². The fourth-order valence-electron chi connectivity index (χ4n) is 4.50. The Balaban J connectivity index is 1.51. The average molecular weight is 619 g/mol. The lowest BCUT2D eigenvalue weighted by Gasteiger charge is -2.26. The molecule has 2 aromatic heterocycles. The van der Waals surface area contributed by atoms with Crippen LogP contribution in [0.3, 0.4) is 0 Å². The van der Waals surface area contributed by atoms with Crippen molar-refractivity contribution in [2.45, 2.75) is 43.8 Å². The largest absolute Gasteiger partial charge is 0.488 e. The SMILES string of the molecule is CC(C)(C)OC(=O)CN(c1ccc2c(ccn2-c2cc(OC3CCOC3)ccn2)c1)S(=O)(=O)c1cc(Cl)cc(Cl)c1. The topological polar surface area (TPSA) is 100.0 Å². The van der Waals surface area contributed by atoms with E-state index in [1.54, 1.807) is 51.2 Å². The van der Waals surface area contributed by atoms with E-state index in [4.69, 9.17) is 37.4 Å². The smallest absolute Gasteiger partial charge is 0.327 e. The van der Waals surface area contributed by atoms with Crippen LogP contribution < -0.4 is 9.04 Å². The standard InChI is InChI=1S/C29H29Cl2N3O6S/c1-29(2,3)40-28(35)17-34(41(36,37)25-14-20(30)13-21(31)15-25)22-4-5-26-19(12-22)7-10-33(26)27-16-23(6-9-32-27)39-24-8-11-38-18-24/h4-7,9-10,12-16,24H,8,11,17-18H2,1-3H3. The Labute approximate surface area is 248 Å². The minimum atomic E-state index is -4.26. The zero-order valence-electron chi connectivity index (χ0n) is 22.7. The van der Waals surface area contributed by atoms with Crippen LogP contribution in [0.5, 0.6) is 5.75 Å². The van der Waals surface area contributed by atoms with E-state index in [0.717, 1.165) is 21.6 Å². The van der Waals surface area contributed by atoms with E-state index in [9.17, 15) is 13.2 Å². The first-order valence-electron chi connectivity index (χ1n) is 12.9. The van der Waals surface area contributed by atoms with Crippen LogP contribution in [0.4, 0.5) is 5.69 Å². The molecule has 1 atom stereocenters. The van der Waals surface area contributed by atoms with Crippen molar-refractivity contribution in [2.24, 2.45) is 0 Å². The third-order valence-corrected chi connectivity index (χ3v) is 8.42. The van der Waals surface area contributed by atoms with Gasteiger partial charge in [-0.15, -0.1) is 0 Å². The molecule has 216 valence electrons. The Morgan fingerprint density at radius 1 is 1.10 bits per heavy atom. The molecule has 12 heteroatoms. The first kappa shape index (κ1) is 29.2. The van der Waals surface area contributed by atoms with Crippen molar-refractivity contribution in [2.75, 3.05) is 24.1 Å². The second kappa shape index (κ2) is 11.5. The lowest BCUT2D eigenvalue weighted by atomic mass is 10.2. The van der Waals surface area contributed by atoms with Crippen molar-refractivity contribution in [3.63, 3.8) is 0 Å². The number of benzene rings is 2. The third-order valence-electron chi connectivity index (χ3n) is 6.23. The minimum absolute atomic E-state index is 0.00139. The van der Waals surface area contributed by atoms with Gasteiger partial charge < -0.3 is 18.8 Å². The number of anilines is 1. The summed E-state index contributed by atoms with van der Waals surface area (Å²) in [5, 5.41) is 1.04. The number of esters is 1. The fraction of sp³-hybridized carbons (Fsp3) is 0.310.